The normalized spacial score (nSPS) is 18.1. The zero-order chi connectivity index (χ0) is 17.3. The third-order valence-electron chi connectivity index (χ3n) is 4.61. The van der Waals surface area contributed by atoms with Crippen LogP contribution >= 0.6 is 24.0 Å². The van der Waals surface area contributed by atoms with Gasteiger partial charge in [0.05, 0.1) is 10.5 Å². The molecule has 2 aromatic rings. The van der Waals surface area contributed by atoms with Crippen LogP contribution < -0.4 is 11.1 Å². The number of hydrogen-bond acceptors (Lipinski definition) is 4. The number of benzene rings is 1. The van der Waals surface area contributed by atoms with Gasteiger partial charge in [-0.3, -0.25) is 4.79 Å². The van der Waals surface area contributed by atoms with Gasteiger partial charge in [-0.25, -0.2) is 4.98 Å². The molecule has 25 heavy (non-hydrogen) atoms. The van der Waals surface area contributed by atoms with Crippen molar-refractivity contribution in [1.29, 1.82) is 0 Å². The van der Waals surface area contributed by atoms with E-state index in [-0.39, 0.29) is 24.4 Å². The maximum atomic E-state index is 11.5. The number of para-hydroxylation sites is 1. The van der Waals surface area contributed by atoms with E-state index >= 15 is 0 Å². The number of rotatable bonds is 4. The molecule has 0 spiro atoms. The molecule has 2 atom stereocenters. The number of fused-ring (bicyclic) bond motifs is 1. The van der Waals surface area contributed by atoms with Crippen LogP contribution in [0.2, 0.25) is 5.02 Å². The molecule has 0 bridgehead atoms. The van der Waals surface area contributed by atoms with Gasteiger partial charge in [-0.1, -0.05) is 23.7 Å². The number of pyridine rings is 1. The molecule has 136 valence electrons. The molecule has 0 unspecified atom stereocenters. The summed E-state index contributed by atoms with van der Waals surface area (Å²) in [6.45, 7) is 5.97. The van der Waals surface area contributed by atoms with Crippen LogP contribution in [-0.4, -0.2) is 35.4 Å². The van der Waals surface area contributed by atoms with Gasteiger partial charge in [-0.2, -0.15) is 0 Å². The van der Waals surface area contributed by atoms with Gasteiger partial charge in [-0.15, -0.1) is 12.4 Å². The molecular weight excluding hydrogens is 359 g/mol. The molecule has 1 aromatic carbocycles. The van der Waals surface area contributed by atoms with Gasteiger partial charge in [0.25, 0.3) is 0 Å². The minimum absolute atomic E-state index is 0. The molecule has 5 nitrogen and oxygen atoms in total. The lowest BCUT2D eigenvalue weighted by Gasteiger charge is -2.18. The molecule has 0 saturated carbocycles. The van der Waals surface area contributed by atoms with E-state index in [1.54, 1.807) is 6.92 Å². The monoisotopic (exact) mass is 382 g/mol. The summed E-state index contributed by atoms with van der Waals surface area (Å²) in [7, 11) is 0. The van der Waals surface area contributed by atoms with Crippen LogP contribution in [0.3, 0.4) is 0 Å². The first-order valence-electron chi connectivity index (χ1n) is 8.30. The Bertz CT molecular complexity index is 766. The molecule has 7 heteroatoms. The quantitative estimate of drug-likeness (QED) is 0.846. The van der Waals surface area contributed by atoms with Crippen LogP contribution in [0.1, 0.15) is 31.9 Å². The first kappa shape index (κ1) is 19.8. The molecule has 0 radical (unpaired) electrons. The van der Waals surface area contributed by atoms with Crippen molar-refractivity contribution in [1.82, 2.24) is 9.88 Å². The van der Waals surface area contributed by atoms with Crippen molar-refractivity contribution in [2.75, 3.05) is 25.0 Å². The number of carbonyl (C=O) groups is 1. The van der Waals surface area contributed by atoms with E-state index in [1.165, 1.54) is 0 Å². The zero-order valence-corrected chi connectivity index (χ0v) is 16.0. The third-order valence-corrected chi connectivity index (χ3v) is 4.91. The smallest absolute Gasteiger partial charge is 0.219 e. The number of hydrogen-bond donors (Lipinski definition) is 2. The Morgan fingerprint density at radius 2 is 2.28 bits per heavy atom. The molecular formula is C18H24Cl2N4O. The van der Waals surface area contributed by atoms with Crippen molar-refractivity contribution in [2.24, 2.45) is 11.7 Å². The Morgan fingerprint density at radius 1 is 1.52 bits per heavy atom. The minimum atomic E-state index is -0.124. The Labute approximate surface area is 159 Å². The second-order valence-electron chi connectivity index (χ2n) is 6.53. The van der Waals surface area contributed by atoms with E-state index in [0.29, 0.717) is 10.9 Å². The topological polar surface area (TPSA) is 71.2 Å². The summed E-state index contributed by atoms with van der Waals surface area (Å²) < 4.78 is 0. The molecule has 1 fully saturated rings. The fourth-order valence-electron chi connectivity index (χ4n) is 3.19. The maximum Gasteiger partial charge on any atom is 0.219 e. The number of nitrogens with zero attached hydrogens (tertiary/aromatic N) is 2. The predicted molar refractivity (Wildman–Crippen MR) is 105 cm³/mol. The summed E-state index contributed by atoms with van der Waals surface area (Å²) in [5.41, 5.74) is 7.88. The van der Waals surface area contributed by atoms with Crippen molar-refractivity contribution in [2.45, 2.75) is 26.3 Å². The van der Waals surface area contributed by atoms with Gasteiger partial charge in [0.2, 0.25) is 5.91 Å². The van der Waals surface area contributed by atoms with Crippen LogP contribution in [0.4, 0.5) is 5.82 Å². The SMILES string of the molecule is CC(=O)N1CC[C@H](CNc2nc3c(Cl)cccc3cc2[C@H](C)N)C1.Cl. The standard InChI is InChI=1S/C18H23ClN4O.ClH/c1-11(20)15-8-14-4-3-5-16(19)17(14)22-18(15)21-9-13-6-7-23(10-13)12(2)24;/h3-5,8,11,13H,6-7,9-10,20H2,1-2H3,(H,21,22);1H/t11-,13+;/m0./s1. The Balaban J connectivity index is 0.00000225. The van der Waals surface area contributed by atoms with Crippen molar-refractivity contribution in [3.63, 3.8) is 0 Å². The van der Waals surface area contributed by atoms with Gasteiger partial charge >= 0.3 is 0 Å². The van der Waals surface area contributed by atoms with Gasteiger partial charge < -0.3 is 16.0 Å². The minimum Gasteiger partial charge on any atom is -0.369 e. The molecule has 2 heterocycles. The molecule has 3 rings (SSSR count). The number of anilines is 1. The maximum absolute atomic E-state index is 11.5. The summed E-state index contributed by atoms with van der Waals surface area (Å²) in [5, 5.41) is 5.05. The second kappa shape index (κ2) is 8.21. The predicted octanol–water partition coefficient (Wildman–Crippen LogP) is 3.61. The summed E-state index contributed by atoms with van der Waals surface area (Å²) >= 11 is 6.28. The van der Waals surface area contributed by atoms with Crippen LogP contribution in [0.5, 0.6) is 0 Å². The lowest BCUT2D eigenvalue weighted by atomic mass is 10.1. The number of nitrogens with two attached hydrogens (primary N) is 1. The van der Waals surface area contributed by atoms with E-state index in [4.69, 9.17) is 22.3 Å². The fourth-order valence-corrected chi connectivity index (χ4v) is 3.42. The molecule has 1 saturated heterocycles. The van der Waals surface area contributed by atoms with Gasteiger partial charge in [0, 0.05) is 43.5 Å². The highest BCUT2D eigenvalue weighted by atomic mass is 35.5. The number of likely N-dealkylation sites (tertiary alicyclic amines) is 1. The first-order valence-corrected chi connectivity index (χ1v) is 8.67. The van der Waals surface area contributed by atoms with E-state index in [1.807, 2.05) is 30.0 Å². The van der Waals surface area contributed by atoms with E-state index in [2.05, 4.69) is 11.4 Å². The summed E-state index contributed by atoms with van der Waals surface area (Å²) in [4.78, 5) is 18.1. The van der Waals surface area contributed by atoms with E-state index in [9.17, 15) is 4.79 Å². The number of nitrogens with one attached hydrogen (secondary N) is 1. The van der Waals surface area contributed by atoms with E-state index in [0.717, 1.165) is 48.3 Å². The van der Waals surface area contributed by atoms with Crippen molar-refractivity contribution < 1.29 is 4.79 Å². The Kier molecular flexibility index (Phi) is 6.49. The van der Waals surface area contributed by atoms with Crippen LogP contribution in [0.25, 0.3) is 10.9 Å². The Hall–Kier alpha value is -1.56. The molecule has 1 aromatic heterocycles. The van der Waals surface area contributed by atoms with Crippen molar-refractivity contribution in [3.05, 3.63) is 34.9 Å². The van der Waals surface area contributed by atoms with Crippen LogP contribution in [-0.2, 0) is 4.79 Å². The number of aromatic nitrogens is 1. The highest BCUT2D eigenvalue weighted by molar-refractivity contribution is 6.35. The number of carbonyl (C=O) groups excluding carboxylic acids is 1. The number of amides is 1. The highest BCUT2D eigenvalue weighted by Crippen LogP contribution is 2.29. The lowest BCUT2D eigenvalue weighted by molar-refractivity contribution is -0.127. The summed E-state index contributed by atoms with van der Waals surface area (Å²) in [5.74, 6) is 1.36. The van der Waals surface area contributed by atoms with Crippen molar-refractivity contribution >= 4 is 46.6 Å². The van der Waals surface area contributed by atoms with Crippen LogP contribution in [0, 0.1) is 5.92 Å². The van der Waals surface area contributed by atoms with Gasteiger partial charge in [-0.05, 0) is 31.4 Å². The second-order valence-corrected chi connectivity index (χ2v) is 6.93. The van der Waals surface area contributed by atoms with Gasteiger partial charge in [0.15, 0.2) is 0 Å². The van der Waals surface area contributed by atoms with E-state index < -0.39 is 0 Å². The zero-order valence-electron chi connectivity index (χ0n) is 14.5. The molecule has 1 aliphatic heterocycles. The van der Waals surface area contributed by atoms with Gasteiger partial charge in [0.1, 0.15) is 5.82 Å². The Morgan fingerprint density at radius 3 is 2.92 bits per heavy atom. The number of halogens is 2. The highest BCUT2D eigenvalue weighted by Gasteiger charge is 2.24. The fraction of sp³-hybridized carbons (Fsp3) is 0.444. The first-order chi connectivity index (χ1) is 11.5. The summed E-state index contributed by atoms with van der Waals surface area (Å²) in [6.07, 6.45) is 1.01. The molecule has 1 amide bonds. The largest absolute Gasteiger partial charge is 0.369 e. The van der Waals surface area contributed by atoms with Crippen molar-refractivity contribution in [3.8, 4) is 0 Å². The summed E-state index contributed by atoms with van der Waals surface area (Å²) in [6, 6.07) is 7.68. The molecule has 3 N–H and O–H groups in total. The third kappa shape index (κ3) is 4.35. The average Bonchev–Trinajstić information content (AvgIpc) is 3.02. The lowest BCUT2D eigenvalue weighted by Crippen LogP contribution is -2.27. The average molecular weight is 383 g/mol. The molecule has 1 aliphatic rings. The van der Waals surface area contributed by atoms with Crippen LogP contribution in [0.15, 0.2) is 24.3 Å². The molecule has 0 aliphatic carbocycles.